The second-order valence-corrected chi connectivity index (χ2v) is 7.59. The average Bonchev–Trinajstić information content (AvgIpc) is 3.28. The molecule has 3 atom stereocenters. The largest absolute Gasteiger partial charge is 0.381 e. The minimum Gasteiger partial charge on any atom is -0.381 e. The fraction of sp³-hybridized carbons (Fsp3) is 0.450. The van der Waals surface area contributed by atoms with Crippen molar-refractivity contribution in [3.8, 4) is 0 Å². The second-order valence-electron chi connectivity index (χ2n) is 7.59. The van der Waals surface area contributed by atoms with Crippen LogP contribution in [0.4, 0.5) is 8.78 Å². The van der Waals surface area contributed by atoms with Crippen LogP contribution in [0.15, 0.2) is 23.2 Å². The Morgan fingerprint density at radius 1 is 1.40 bits per heavy atom. The number of nitrogens with zero attached hydrogens (tertiary/aromatic N) is 4. The molecule has 2 aromatic rings. The molecule has 2 aliphatic heterocycles. The zero-order chi connectivity index (χ0) is 21.4. The zero-order valence-electron chi connectivity index (χ0n) is 16.7. The molecule has 1 saturated heterocycles. The van der Waals surface area contributed by atoms with Gasteiger partial charge in [0.15, 0.2) is 11.7 Å². The smallest absolute Gasteiger partial charge is 0.176 e. The van der Waals surface area contributed by atoms with Gasteiger partial charge in [0.25, 0.3) is 0 Å². The Bertz CT molecular complexity index is 990. The molecule has 0 bridgehead atoms. The van der Waals surface area contributed by atoms with E-state index in [2.05, 4.69) is 14.9 Å². The molecule has 0 radical (unpaired) electrons. The maximum absolute atomic E-state index is 14.1. The van der Waals surface area contributed by atoms with E-state index in [1.54, 1.807) is 0 Å². The van der Waals surface area contributed by atoms with Gasteiger partial charge in [0.1, 0.15) is 24.1 Å². The fourth-order valence-corrected chi connectivity index (χ4v) is 4.35. The number of imidazole rings is 1. The number of aliphatic imine (C=N–C) groups is 1. The maximum Gasteiger partial charge on any atom is 0.176 e. The van der Waals surface area contributed by atoms with Crippen molar-refractivity contribution in [2.75, 3.05) is 6.61 Å². The summed E-state index contributed by atoms with van der Waals surface area (Å²) in [6.45, 7) is 4.33. The number of nitrogens with one attached hydrogen (secondary N) is 1. The van der Waals surface area contributed by atoms with Crippen LogP contribution in [0.5, 0.6) is 0 Å². The first kappa shape index (κ1) is 20.6. The Morgan fingerprint density at radius 3 is 2.90 bits per heavy atom. The van der Waals surface area contributed by atoms with Crippen LogP contribution < -0.4 is 11.5 Å². The van der Waals surface area contributed by atoms with Gasteiger partial charge in [0.05, 0.1) is 18.0 Å². The van der Waals surface area contributed by atoms with Crippen molar-refractivity contribution in [2.45, 2.75) is 51.2 Å². The number of hydrogen-bond donors (Lipinski definition) is 3. The summed E-state index contributed by atoms with van der Waals surface area (Å²) in [4.78, 5) is 10.7. The number of amidine groups is 1. The maximum atomic E-state index is 14.1. The van der Waals surface area contributed by atoms with Gasteiger partial charge >= 0.3 is 0 Å². The molecule has 1 aromatic carbocycles. The van der Waals surface area contributed by atoms with Gasteiger partial charge in [0.2, 0.25) is 0 Å². The Labute approximate surface area is 173 Å². The van der Waals surface area contributed by atoms with Crippen molar-refractivity contribution in [1.82, 2.24) is 14.5 Å². The zero-order valence-corrected chi connectivity index (χ0v) is 16.7. The van der Waals surface area contributed by atoms with Crippen LogP contribution in [-0.4, -0.2) is 45.3 Å². The molecule has 4 rings (SSSR count). The number of rotatable bonds is 5. The lowest BCUT2D eigenvalue weighted by Gasteiger charge is -2.38. The van der Waals surface area contributed by atoms with Crippen LogP contribution in [0.3, 0.4) is 0 Å². The van der Waals surface area contributed by atoms with Crippen molar-refractivity contribution < 1.29 is 13.5 Å². The lowest BCUT2D eigenvalue weighted by molar-refractivity contribution is -0.0535. The molecule has 160 valence electrons. The van der Waals surface area contributed by atoms with Gasteiger partial charge in [-0.3, -0.25) is 10.3 Å². The minimum atomic E-state index is -0.673. The summed E-state index contributed by atoms with van der Waals surface area (Å²) in [6, 6.07) is 2.93. The third kappa shape index (κ3) is 3.62. The van der Waals surface area contributed by atoms with Crippen LogP contribution in [0.25, 0.3) is 0 Å². The predicted molar refractivity (Wildman–Crippen MR) is 108 cm³/mol. The van der Waals surface area contributed by atoms with E-state index in [1.807, 2.05) is 11.5 Å². The summed E-state index contributed by atoms with van der Waals surface area (Å²) in [5.41, 5.74) is 14.4. The molecule has 1 fully saturated rings. The molecule has 8 nitrogen and oxygen atoms in total. The van der Waals surface area contributed by atoms with Gasteiger partial charge in [-0.1, -0.05) is 0 Å². The number of benzene rings is 1. The highest BCUT2D eigenvalue weighted by molar-refractivity contribution is 5.98. The summed E-state index contributed by atoms with van der Waals surface area (Å²) in [7, 11) is 0. The van der Waals surface area contributed by atoms with E-state index in [4.69, 9.17) is 21.6 Å². The number of ether oxygens (including phenoxy) is 1. The van der Waals surface area contributed by atoms with Gasteiger partial charge in [0, 0.05) is 37.3 Å². The van der Waals surface area contributed by atoms with Crippen molar-refractivity contribution in [1.29, 1.82) is 5.41 Å². The second kappa shape index (κ2) is 8.21. The van der Waals surface area contributed by atoms with E-state index >= 15 is 0 Å². The van der Waals surface area contributed by atoms with E-state index < -0.39 is 23.8 Å². The SMILES string of the molecule is CCn1c(C(N)=NC=N)nc2c1CN(C1CO[C@H](c3cc(F)ccc3F)C(N)C1)C2. The van der Waals surface area contributed by atoms with Gasteiger partial charge in [-0.05, 0) is 31.5 Å². The van der Waals surface area contributed by atoms with E-state index in [0.29, 0.717) is 38.5 Å². The summed E-state index contributed by atoms with van der Waals surface area (Å²) < 4.78 is 35.6. The third-order valence-electron chi connectivity index (χ3n) is 5.79. The average molecular weight is 417 g/mol. The molecule has 5 N–H and O–H groups in total. The quantitative estimate of drug-likeness (QED) is 0.505. The van der Waals surface area contributed by atoms with Crippen molar-refractivity contribution in [3.63, 3.8) is 0 Å². The van der Waals surface area contributed by atoms with Crippen LogP contribution in [0.1, 0.15) is 42.2 Å². The Hall–Kier alpha value is -2.69. The van der Waals surface area contributed by atoms with E-state index in [9.17, 15) is 8.78 Å². The molecule has 1 aromatic heterocycles. The topological polar surface area (TPSA) is 119 Å². The van der Waals surface area contributed by atoms with Crippen molar-refractivity contribution in [2.24, 2.45) is 16.5 Å². The van der Waals surface area contributed by atoms with Crippen LogP contribution in [-0.2, 0) is 24.4 Å². The molecule has 2 aliphatic rings. The fourth-order valence-electron chi connectivity index (χ4n) is 4.35. The highest BCUT2D eigenvalue weighted by atomic mass is 19.1. The molecular weight excluding hydrogens is 392 g/mol. The highest BCUT2D eigenvalue weighted by Crippen LogP contribution is 2.34. The Morgan fingerprint density at radius 2 is 2.20 bits per heavy atom. The molecule has 0 aliphatic carbocycles. The molecule has 0 saturated carbocycles. The van der Waals surface area contributed by atoms with E-state index in [-0.39, 0.29) is 17.4 Å². The molecule has 0 spiro atoms. The molecule has 3 heterocycles. The van der Waals surface area contributed by atoms with Gasteiger partial charge in [-0.25, -0.2) is 18.8 Å². The van der Waals surface area contributed by atoms with Crippen molar-refractivity contribution >= 4 is 12.2 Å². The highest BCUT2D eigenvalue weighted by Gasteiger charge is 2.38. The minimum absolute atomic E-state index is 0.0448. The monoisotopic (exact) mass is 417 g/mol. The van der Waals surface area contributed by atoms with E-state index in [1.165, 1.54) is 0 Å². The number of hydrogen-bond acceptors (Lipinski definition) is 5. The number of nitrogens with two attached hydrogens (primary N) is 2. The van der Waals surface area contributed by atoms with Crippen molar-refractivity contribution in [3.05, 3.63) is 52.6 Å². The Kier molecular flexibility index (Phi) is 5.63. The van der Waals surface area contributed by atoms with Gasteiger partial charge in [-0.2, -0.15) is 0 Å². The normalized spacial score (nSPS) is 24.8. The Balaban J connectivity index is 1.48. The summed E-state index contributed by atoms with van der Waals surface area (Å²) in [6.07, 6.45) is 0.828. The van der Waals surface area contributed by atoms with Crippen LogP contribution in [0.2, 0.25) is 0 Å². The number of fused-ring (bicyclic) bond motifs is 1. The standard InChI is InChI=1S/C20H25F2N7O/c1-2-29-17-8-28(7-16(17)27-20(29)19(25)26-10-23)12-6-15(24)18(30-9-12)13-5-11(21)3-4-14(13)22/h3-5,10,12,15,18H,2,6-9,24H2,1H3,(H3,23,25,26)/t12?,15?,18-/m1/s1. The third-order valence-corrected chi connectivity index (χ3v) is 5.79. The van der Waals surface area contributed by atoms with Gasteiger partial charge < -0.3 is 20.8 Å². The van der Waals surface area contributed by atoms with E-state index in [0.717, 1.165) is 35.9 Å². The van der Waals surface area contributed by atoms with Crippen LogP contribution >= 0.6 is 0 Å². The predicted octanol–water partition coefficient (Wildman–Crippen LogP) is 1.67. The lowest BCUT2D eigenvalue weighted by atomic mass is 9.93. The molecule has 2 unspecified atom stereocenters. The first-order valence-corrected chi connectivity index (χ1v) is 9.90. The van der Waals surface area contributed by atoms with Crippen LogP contribution in [0, 0.1) is 17.0 Å². The molecule has 10 heteroatoms. The molecule has 30 heavy (non-hydrogen) atoms. The lowest BCUT2D eigenvalue weighted by Crippen LogP contribution is -2.48. The molecular formula is C20H25F2N7O. The van der Waals surface area contributed by atoms with Gasteiger partial charge in [-0.15, -0.1) is 0 Å². The first-order chi connectivity index (χ1) is 14.4. The summed E-state index contributed by atoms with van der Waals surface area (Å²) in [5.74, 6) is -0.231. The summed E-state index contributed by atoms with van der Waals surface area (Å²) >= 11 is 0. The number of aromatic nitrogens is 2. The number of halogens is 2. The molecule has 0 amide bonds. The summed E-state index contributed by atoms with van der Waals surface area (Å²) in [5, 5.41) is 7.11. The first-order valence-electron chi connectivity index (χ1n) is 9.90.